The summed E-state index contributed by atoms with van der Waals surface area (Å²) in [6.07, 6.45) is 1.82. The molecule has 0 spiro atoms. The molecule has 0 aliphatic carbocycles. The van der Waals surface area contributed by atoms with E-state index in [-0.39, 0.29) is 30.3 Å². The number of hydrogen-bond donors (Lipinski definition) is 1. The lowest BCUT2D eigenvalue weighted by atomic mass is 10.0. The van der Waals surface area contributed by atoms with Crippen LogP contribution in [-0.4, -0.2) is 57.1 Å². The number of nitrogens with zero attached hydrogens (tertiary/aromatic N) is 2. The molecule has 214 valence electrons. The summed E-state index contributed by atoms with van der Waals surface area (Å²) < 4.78 is 46.7. The Morgan fingerprint density at radius 1 is 1.00 bits per heavy atom. The molecule has 3 aromatic carbocycles. The molecule has 3 rings (SSSR count). The Labute approximate surface area is 235 Å². The number of sulfonamides is 1. The molecule has 0 saturated heterocycles. The Kier molecular flexibility index (Phi) is 10.7. The molecule has 0 bridgehead atoms. The predicted molar refractivity (Wildman–Crippen MR) is 154 cm³/mol. The highest BCUT2D eigenvalue weighted by Gasteiger charge is 2.34. The smallest absolute Gasteiger partial charge is 0.244 e. The minimum absolute atomic E-state index is 0.154. The third-order valence-corrected chi connectivity index (χ3v) is 7.73. The predicted octanol–water partition coefficient (Wildman–Crippen LogP) is 4.16. The molecular formula is C30H36FN3O5S. The number of anilines is 1. The van der Waals surface area contributed by atoms with E-state index in [1.165, 1.54) is 36.3 Å². The molecule has 0 aliphatic rings. The van der Waals surface area contributed by atoms with E-state index in [1.807, 2.05) is 44.2 Å². The standard InChI is InChI=1S/C30H36FN3O5S/c1-5-22(2)32-30(36)28(18-23-12-7-6-8-13-23)33(20-24-14-9-10-17-27(24)31)29(35)21-34(40(4,37)38)25-15-11-16-26(19-25)39-3/h6-17,19,22,28H,5,18,20-21H2,1-4H3,(H,32,36)/t22-,28+/m1/s1. The molecule has 0 radical (unpaired) electrons. The lowest BCUT2D eigenvalue weighted by Gasteiger charge is -2.34. The fourth-order valence-corrected chi connectivity index (χ4v) is 5.03. The number of carbonyl (C=O) groups excluding carboxylic acids is 2. The number of methoxy groups -OCH3 is 1. The number of rotatable bonds is 13. The van der Waals surface area contributed by atoms with Gasteiger partial charge in [0.2, 0.25) is 21.8 Å². The summed E-state index contributed by atoms with van der Waals surface area (Å²) in [6.45, 7) is 2.96. The molecule has 2 atom stereocenters. The molecule has 0 heterocycles. The van der Waals surface area contributed by atoms with Crippen LogP contribution in [0, 0.1) is 5.82 Å². The maximum atomic E-state index is 14.8. The lowest BCUT2D eigenvalue weighted by molar-refractivity contribution is -0.140. The molecule has 8 nitrogen and oxygen atoms in total. The average Bonchev–Trinajstić information content (AvgIpc) is 2.94. The van der Waals surface area contributed by atoms with Gasteiger partial charge in [0, 0.05) is 30.6 Å². The Bertz CT molecular complexity index is 1400. The number of amides is 2. The lowest BCUT2D eigenvalue weighted by Crippen LogP contribution is -2.54. The topological polar surface area (TPSA) is 96.0 Å². The summed E-state index contributed by atoms with van der Waals surface area (Å²) in [4.78, 5) is 28.9. The molecule has 3 aromatic rings. The fourth-order valence-electron chi connectivity index (χ4n) is 4.18. The van der Waals surface area contributed by atoms with Crippen molar-refractivity contribution < 1.29 is 27.1 Å². The van der Waals surface area contributed by atoms with Gasteiger partial charge in [0.05, 0.1) is 19.1 Å². The molecule has 40 heavy (non-hydrogen) atoms. The van der Waals surface area contributed by atoms with E-state index in [4.69, 9.17) is 4.74 Å². The quantitative estimate of drug-likeness (QED) is 0.334. The van der Waals surface area contributed by atoms with Gasteiger partial charge in [0.15, 0.2) is 0 Å². The van der Waals surface area contributed by atoms with E-state index in [0.717, 1.165) is 16.1 Å². The van der Waals surface area contributed by atoms with Crippen LogP contribution in [-0.2, 0) is 32.6 Å². The zero-order chi connectivity index (χ0) is 29.3. The number of hydrogen-bond acceptors (Lipinski definition) is 5. The summed E-state index contributed by atoms with van der Waals surface area (Å²) in [5.74, 6) is -1.18. The second kappa shape index (κ2) is 13.9. The first kappa shape index (κ1) is 30.6. The van der Waals surface area contributed by atoms with Crippen LogP contribution >= 0.6 is 0 Å². The SMILES string of the molecule is CC[C@@H](C)NC(=O)[C@H](Cc1ccccc1)N(Cc1ccccc1F)C(=O)CN(c1cccc(OC)c1)S(C)(=O)=O. The van der Waals surface area contributed by atoms with Crippen LogP contribution in [0.15, 0.2) is 78.9 Å². The molecule has 1 N–H and O–H groups in total. The van der Waals surface area contributed by atoms with Gasteiger partial charge in [-0.3, -0.25) is 13.9 Å². The van der Waals surface area contributed by atoms with Crippen molar-refractivity contribution >= 4 is 27.5 Å². The van der Waals surface area contributed by atoms with Crippen LogP contribution in [0.4, 0.5) is 10.1 Å². The molecule has 0 saturated carbocycles. The van der Waals surface area contributed by atoms with Crippen LogP contribution < -0.4 is 14.4 Å². The molecule has 0 unspecified atom stereocenters. The van der Waals surface area contributed by atoms with E-state index in [2.05, 4.69) is 5.32 Å². The average molecular weight is 570 g/mol. The number of nitrogens with one attached hydrogen (secondary N) is 1. The van der Waals surface area contributed by atoms with Crippen molar-refractivity contribution in [3.63, 3.8) is 0 Å². The van der Waals surface area contributed by atoms with Crippen LogP contribution in [0.5, 0.6) is 5.75 Å². The van der Waals surface area contributed by atoms with Crippen molar-refractivity contribution in [3.8, 4) is 5.75 Å². The van der Waals surface area contributed by atoms with Gasteiger partial charge in [0.1, 0.15) is 24.2 Å². The van der Waals surface area contributed by atoms with Gasteiger partial charge < -0.3 is 15.0 Å². The second-order valence-corrected chi connectivity index (χ2v) is 11.5. The van der Waals surface area contributed by atoms with Gasteiger partial charge in [-0.2, -0.15) is 0 Å². The minimum atomic E-state index is -3.92. The first-order chi connectivity index (χ1) is 19.0. The molecular weight excluding hydrogens is 533 g/mol. The Balaban J connectivity index is 2.07. The molecule has 2 amide bonds. The third-order valence-electron chi connectivity index (χ3n) is 6.59. The maximum absolute atomic E-state index is 14.8. The Hall–Kier alpha value is -3.92. The van der Waals surface area contributed by atoms with Crippen LogP contribution in [0.25, 0.3) is 0 Å². The van der Waals surface area contributed by atoms with E-state index < -0.39 is 40.2 Å². The third kappa shape index (κ3) is 8.29. The number of carbonyl (C=O) groups is 2. The minimum Gasteiger partial charge on any atom is -0.497 e. The van der Waals surface area contributed by atoms with Crippen molar-refractivity contribution in [3.05, 3.63) is 95.8 Å². The largest absolute Gasteiger partial charge is 0.497 e. The number of ether oxygens (including phenoxy) is 1. The van der Waals surface area contributed by atoms with Crippen molar-refractivity contribution in [2.45, 2.75) is 45.3 Å². The second-order valence-electron chi connectivity index (χ2n) is 9.61. The van der Waals surface area contributed by atoms with Gasteiger partial charge >= 0.3 is 0 Å². The van der Waals surface area contributed by atoms with Gasteiger partial charge in [-0.1, -0.05) is 61.5 Å². The fraction of sp³-hybridized carbons (Fsp3) is 0.333. The summed E-state index contributed by atoms with van der Waals surface area (Å²) in [7, 11) is -2.47. The van der Waals surface area contributed by atoms with Crippen LogP contribution in [0.1, 0.15) is 31.4 Å². The zero-order valence-corrected chi connectivity index (χ0v) is 24.0. The summed E-state index contributed by atoms with van der Waals surface area (Å²) >= 11 is 0. The van der Waals surface area contributed by atoms with Crippen molar-refractivity contribution in [2.75, 3.05) is 24.2 Å². The van der Waals surface area contributed by atoms with Crippen molar-refractivity contribution in [1.29, 1.82) is 0 Å². The van der Waals surface area contributed by atoms with Crippen LogP contribution in [0.2, 0.25) is 0 Å². The summed E-state index contributed by atoms with van der Waals surface area (Å²) in [5.41, 5.74) is 1.23. The van der Waals surface area contributed by atoms with Crippen molar-refractivity contribution in [1.82, 2.24) is 10.2 Å². The van der Waals surface area contributed by atoms with Gasteiger partial charge in [-0.05, 0) is 37.1 Å². The van der Waals surface area contributed by atoms with E-state index in [1.54, 1.807) is 24.3 Å². The first-order valence-corrected chi connectivity index (χ1v) is 14.9. The molecule has 0 aliphatic heterocycles. The van der Waals surface area contributed by atoms with Crippen LogP contribution in [0.3, 0.4) is 0 Å². The molecule has 0 fully saturated rings. The van der Waals surface area contributed by atoms with Gasteiger partial charge in [-0.15, -0.1) is 0 Å². The highest BCUT2D eigenvalue weighted by Crippen LogP contribution is 2.24. The Morgan fingerprint density at radius 2 is 1.68 bits per heavy atom. The first-order valence-electron chi connectivity index (χ1n) is 13.0. The summed E-state index contributed by atoms with van der Waals surface area (Å²) in [5, 5.41) is 2.94. The summed E-state index contributed by atoms with van der Waals surface area (Å²) in [6, 6.07) is 20.3. The van der Waals surface area contributed by atoms with E-state index >= 15 is 0 Å². The number of benzene rings is 3. The Morgan fingerprint density at radius 3 is 2.30 bits per heavy atom. The molecule has 0 aromatic heterocycles. The van der Waals surface area contributed by atoms with E-state index in [0.29, 0.717) is 12.2 Å². The molecule has 10 heteroatoms. The highest BCUT2D eigenvalue weighted by atomic mass is 32.2. The zero-order valence-electron chi connectivity index (χ0n) is 23.2. The maximum Gasteiger partial charge on any atom is 0.244 e. The van der Waals surface area contributed by atoms with Gasteiger partial charge in [0.25, 0.3) is 0 Å². The van der Waals surface area contributed by atoms with Crippen molar-refractivity contribution in [2.24, 2.45) is 0 Å². The van der Waals surface area contributed by atoms with Gasteiger partial charge in [-0.25, -0.2) is 12.8 Å². The van der Waals surface area contributed by atoms with E-state index in [9.17, 15) is 22.4 Å². The monoisotopic (exact) mass is 569 g/mol. The number of halogens is 1. The normalized spacial score (nSPS) is 12.7. The highest BCUT2D eigenvalue weighted by molar-refractivity contribution is 7.92.